The van der Waals surface area contributed by atoms with Crippen LogP contribution < -0.4 is 0 Å². The third-order valence-corrected chi connectivity index (χ3v) is 12.4. The molecular weight excluding hydrogens is 705 g/mol. The van der Waals surface area contributed by atoms with E-state index in [1.54, 1.807) is 0 Å². The minimum Gasteiger partial charge on any atom is -0.308 e. The second kappa shape index (κ2) is 12.3. The van der Waals surface area contributed by atoms with E-state index in [-0.39, 0.29) is 5.41 Å². The van der Waals surface area contributed by atoms with Crippen LogP contribution in [0.3, 0.4) is 0 Å². The zero-order valence-electron chi connectivity index (χ0n) is 32.1. The van der Waals surface area contributed by atoms with Crippen LogP contribution in [0.4, 0.5) is 0 Å². The molecule has 0 radical (unpaired) electrons. The molecular formula is C54H36N4. The van der Waals surface area contributed by atoms with Gasteiger partial charge in [-0.2, -0.15) is 0 Å². The molecule has 0 spiro atoms. The molecule has 2 aliphatic rings. The molecule has 0 bridgehead atoms. The van der Waals surface area contributed by atoms with Crippen LogP contribution in [0.1, 0.15) is 25.0 Å². The van der Waals surface area contributed by atoms with Gasteiger partial charge in [-0.25, -0.2) is 15.0 Å². The number of fused-ring (bicyclic) bond motifs is 6. The third kappa shape index (κ3) is 4.72. The molecule has 0 fully saturated rings. The Labute approximate surface area is 336 Å². The lowest BCUT2D eigenvalue weighted by Gasteiger charge is -2.24. The number of nitrogens with zero attached hydrogens (tertiary/aromatic N) is 4. The van der Waals surface area contributed by atoms with Gasteiger partial charge in [-0.1, -0.05) is 159 Å². The molecule has 4 nitrogen and oxygen atoms in total. The van der Waals surface area contributed by atoms with Crippen LogP contribution in [0.15, 0.2) is 182 Å². The van der Waals surface area contributed by atoms with Crippen molar-refractivity contribution in [2.24, 2.45) is 0 Å². The first-order chi connectivity index (χ1) is 28.5. The monoisotopic (exact) mass is 740 g/mol. The van der Waals surface area contributed by atoms with Gasteiger partial charge in [-0.05, 0) is 80.9 Å². The van der Waals surface area contributed by atoms with Gasteiger partial charge in [0, 0.05) is 44.0 Å². The van der Waals surface area contributed by atoms with Crippen molar-refractivity contribution in [1.82, 2.24) is 19.5 Å². The van der Waals surface area contributed by atoms with Gasteiger partial charge in [0.05, 0.1) is 16.7 Å². The Balaban J connectivity index is 1.14. The normalized spacial score (nSPS) is 13.1. The topological polar surface area (TPSA) is 43.6 Å². The largest absolute Gasteiger partial charge is 0.308 e. The average molecular weight is 741 g/mol. The SMILES string of the molecule is CC1(C)c2cc(-c3nc(-c4ccccc4)nc(-c4ccc(-c5ccccc5)cc4-c4ccccc4)n3)cc3c2-c2c1ccc1c4ccccc4n(c21)-c1ccccc1-3. The first kappa shape index (κ1) is 32.8. The van der Waals surface area contributed by atoms with Crippen LogP contribution in [0.2, 0.25) is 0 Å². The van der Waals surface area contributed by atoms with Crippen molar-refractivity contribution < 1.29 is 0 Å². The summed E-state index contributed by atoms with van der Waals surface area (Å²) in [5.41, 5.74) is 18.5. The van der Waals surface area contributed by atoms with Gasteiger partial charge in [0.25, 0.3) is 0 Å². The van der Waals surface area contributed by atoms with Crippen molar-refractivity contribution in [3.63, 3.8) is 0 Å². The summed E-state index contributed by atoms with van der Waals surface area (Å²) in [6.45, 7) is 4.73. The molecule has 1 aliphatic heterocycles. The maximum atomic E-state index is 5.42. The molecule has 3 heterocycles. The summed E-state index contributed by atoms with van der Waals surface area (Å²) in [5, 5.41) is 2.56. The summed E-state index contributed by atoms with van der Waals surface area (Å²) in [6.07, 6.45) is 0. The molecule has 0 unspecified atom stereocenters. The van der Waals surface area contributed by atoms with E-state index < -0.39 is 0 Å². The molecule has 2 aromatic heterocycles. The van der Waals surface area contributed by atoms with E-state index in [0.29, 0.717) is 17.5 Å². The van der Waals surface area contributed by atoms with E-state index in [2.05, 4.69) is 182 Å². The van der Waals surface area contributed by atoms with E-state index in [0.717, 1.165) is 38.9 Å². The third-order valence-electron chi connectivity index (χ3n) is 12.4. The molecule has 0 saturated heterocycles. The summed E-state index contributed by atoms with van der Waals surface area (Å²) in [6, 6.07) is 65.1. The Bertz CT molecular complexity index is 3290. The summed E-state index contributed by atoms with van der Waals surface area (Å²) in [4.78, 5) is 16.0. The predicted octanol–water partition coefficient (Wildman–Crippen LogP) is 13.6. The lowest BCUT2D eigenvalue weighted by Crippen LogP contribution is -2.15. The van der Waals surface area contributed by atoms with E-state index in [1.165, 1.54) is 60.9 Å². The highest BCUT2D eigenvalue weighted by atomic mass is 15.0. The first-order valence-electron chi connectivity index (χ1n) is 20.0. The quantitative estimate of drug-likeness (QED) is 0.176. The van der Waals surface area contributed by atoms with Gasteiger partial charge in [0.2, 0.25) is 0 Å². The van der Waals surface area contributed by atoms with Gasteiger partial charge in [-0.15, -0.1) is 0 Å². The Morgan fingerprint density at radius 2 is 1.00 bits per heavy atom. The molecule has 272 valence electrons. The van der Waals surface area contributed by atoms with Gasteiger partial charge in [-0.3, -0.25) is 0 Å². The summed E-state index contributed by atoms with van der Waals surface area (Å²) < 4.78 is 2.50. The summed E-state index contributed by atoms with van der Waals surface area (Å²) >= 11 is 0. The Morgan fingerprint density at radius 3 is 1.78 bits per heavy atom. The zero-order chi connectivity index (χ0) is 38.5. The maximum Gasteiger partial charge on any atom is 0.164 e. The van der Waals surface area contributed by atoms with Crippen molar-refractivity contribution in [1.29, 1.82) is 0 Å². The highest BCUT2D eigenvalue weighted by Crippen LogP contribution is 2.58. The van der Waals surface area contributed by atoms with Crippen LogP contribution in [0.25, 0.3) is 106 Å². The predicted molar refractivity (Wildman–Crippen MR) is 238 cm³/mol. The lowest BCUT2D eigenvalue weighted by atomic mass is 9.80. The number of rotatable bonds is 5. The van der Waals surface area contributed by atoms with Crippen LogP contribution in [-0.2, 0) is 5.41 Å². The van der Waals surface area contributed by atoms with Crippen molar-refractivity contribution in [3.8, 4) is 84.4 Å². The maximum absolute atomic E-state index is 5.42. The van der Waals surface area contributed by atoms with Crippen LogP contribution in [-0.4, -0.2) is 19.5 Å². The van der Waals surface area contributed by atoms with Crippen molar-refractivity contribution in [2.75, 3.05) is 0 Å². The minimum absolute atomic E-state index is 0.261. The highest BCUT2D eigenvalue weighted by Gasteiger charge is 2.41. The number of para-hydroxylation sites is 2. The summed E-state index contributed by atoms with van der Waals surface area (Å²) in [7, 11) is 0. The molecule has 1 aliphatic carbocycles. The van der Waals surface area contributed by atoms with Crippen molar-refractivity contribution in [3.05, 3.63) is 193 Å². The lowest BCUT2D eigenvalue weighted by molar-refractivity contribution is 0.661. The Hall–Kier alpha value is -7.43. The second-order valence-electron chi connectivity index (χ2n) is 16.0. The number of benzene rings is 8. The Kier molecular flexibility index (Phi) is 6.94. The fourth-order valence-electron chi connectivity index (χ4n) is 9.62. The number of aromatic nitrogens is 4. The van der Waals surface area contributed by atoms with Crippen molar-refractivity contribution >= 4 is 21.8 Å². The zero-order valence-corrected chi connectivity index (χ0v) is 32.1. The molecule has 0 atom stereocenters. The molecule has 4 heteroatoms. The average Bonchev–Trinajstić information content (AvgIpc) is 3.69. The first-order valence-corrected chi connectivity index (χ1v) is 20.0. The van der Waals surface area contributed by atoms with Crippen molar-refractivity contribution in [2.45, 2.75) is 19.3 Å². The smallest absolute Gasteiger partial charge is 0.164 e. The molecule has 12 rings (SSSR count). The van der Waals surface area contributed by atoms with Crippen LogP contribution in [0.5, 0.6) is 0 Å². The summed E-state index contributed by atoms with van der Waals surface area (Å²) in [5.74, 6) is 1.93. The number of hydrogen-bond acceptors (Lipinski definition) is 3. The van der Waals surface area contributed by atoms with E-state index in [9.17, 15) is 0 Å². The Morgan fingerprint density at radius 1 is 0.379 bits per heavy atom. The van der Waals surface area contributed by atoms with Crippen LogP contribution in [0, 0.1) is 0 Å². The van der Waals surface area contributed by atoms with Gasteiger partial charge in [0.15, 0.2) is 17.5 Å². The molecule has 0 N–H and O–H groups in total. The second-order valence-corrected chi connectivity index (χ2v) is 16.0. The molecule has 10 aromatic rings. The fourth-order valence-corrected chi connectivity index (χ4v) is 9.62. The van der Waals surface area contributed by atoms with Gasteiger partial charge < -0.3 is 4.57 Å². The molecule has 8 aromatic carbocycles. The molecule has 58 heavy (non-hydrogen) atoms. The highest BCUT2D eigenvalue weighted by molar-refractivity contribution is 6.19. The number of hydrogen-bond donors (Lipinski definition) is 0. The van der Waals surface area contributed by atoms with E-state index >= 15 is 0 Å². The van der Waals surface area contributed by atoms with Gasteiger partial charge in [0.1, 0.15) is 0 Å². The van der Waals surface area contributed by atoms with E-state index in [4.69, 9.17) is 15.0 Å². The molecule has 0 amide bonds. The fraction of sp³-hybridized carbons (Fsp3) is 0.0556. The van der Waals surface area contributed by atoms with Gasteiger partial charge >= 0.3 is 0 Å². The minimum atomic E-state index is -0.261. The van der Waals surface area contributed by atoms with Crippen LogP contribution >= 0.6 is 0 Å². The van der Waals surface area contributed by atoms with E-state index in [1.807, 2.05) is 18.2 Å². The molecule has 0 saturated carbocycles. The standard InChI is InChI=1S/C54H36N4/c1-54(2)44-29-28-40-38-22-12-14-24-46(38)58-47-25-15-13-23-39(47)43-31-37(32-45(54)48(43)49(44)50(40)58)52-55-51(35-20-10-5-11-21-35)56-53(57-52)41-27-26-36(33-16-6-3-7-17-33)30-42(41)34-18-8-4-9-19-34/h3-32H,1-2H3.